The second-order valence-corrected chi connectivity index (χ2v) is 3.98. The molecule has 0 bridgehead atoms. The van der Waals surface area contributed by atoms with E-state index < -0.39 is 11.9 Å². The van der Waals surface area contributed by atoms with E-state index in [0.717, 1.165) is 5.56 Å². The van der Waals surface area contributed by atoms with Crippen LogP contribution in [0.25, 0.3) is 0 Å². The second kappa shape index (κ2) is 4.35. The maximum atomic E-state index is 11.1. The Morgan fingerprint density at radius 3 is 2.06 bits per heavy atom. The van der Waals surface area contributed by atoms with Gasteiger partial charge in [-0.05, 0) is 30.0 Å². The zero-order valence-electron chi connectivity index (χ0n) is 9.44. The topological polar surface area (TPSA) is 74.6 Å². The average molecular weight is 222 g/mol. The van der Waals surface area contributed by atoms with Crippen molar-refractivity contribution in [1.29, 1.82) is 0 Å². The molecule has 0 unspecified atom stereocenters. The largest absolute Gasteiger partial charge is 0.478 e. The Bertz CT molecular complexity index is 447. The van der Waals surface area contributed by atoms with E-state index in [0.29, 0.717) is 5.56 Å². The molecule has 86 valence electrons. The van der Waals surface area contributed by atoms with Crippen LogP contribution in [0.4, 0.5) is 0 Å². The lowest BCUT2D eigenvalue weighted by atomic mass is 9.89. The van der Waals surface area contributed by atoms with Crippen molar-refractivity contribution in [2.24, 2.45) is 0 Å². The molecule has 1 aromatic rings. The molecular formula is C12H14O4. The van der Waals surface area contributed by atoms with Gasteiger partial charge < -0.3 is 10.2 Å². The summed E-state index contributed by atoms with van der Waals surface area (Å²) in [6.07, 6.45) is 0. The first-order chi connectivity index (χ1) is 7.36. The fraction of sp³-hybridized carbons (Fsp3) is 0.333. The highest BCUT2D eigenvalue weighted by molar-refractivity contribution is 6.03. The van der Waals surface area contributed by atoms with Crippen molar-refractivity contribution in [3.05, 3.63) is 34.4 Å². The van der Waals surface area contributed by atoms with Crippen LogP contribution in [-0.4, -0.2) is 22.2 Å². The van der Waals surface area contributed by atoms with E-state index in [1.807, 2.05) is 13.8 Å². The third-order valence-electron chi connectivity index (χ3n) is 2.49. The predicted molar refractivity (Wildman–Crippen MR) is 59.2 cm³/mol. The molecule has 0 spiro atoms. The summed E-state index contributed by atoms with van der Waals surface area (Å²) in [5.74, 6) is -2.42. The summed E-state index contributed by atoms with van der Waals surface area (Å²) in [5.41, 5.74) is 1.15. The summed E-state index contributed by atoms with van der Waals surface area (Å²) >= 11 is 0. The van der Waals surface area contributed by atoms with Crippen molar-refractivity contribution in [3.8, 4) is 0 Å². The van der Waals surface area contributed by atoms with Crippen LogP contribution < -0.4 is 0 Å². The van der Waals surface area contributed by atoms with Gasteiger partial charge in [0, 0.05) is 0 Å². The molecule has 1 aromatic carbocycles. The predicted octanol–water partition coefficient (Wildman–Crippen LogP) is 2.51. The number of aromatic carboxylic acids is 2. The Hall–Kier alpha value is -1.84. The molecule has 0 heterocycles. The maximum Gasteiger partial charge on any atom is 0.336 e. The van der Waals surface area contributed by atoms with Crippen molar-refractivity contribution in [3.63, 3.8) is 0 Å². The zero-order valence-corrected chi connectivity index (χ0v) is 9.44. The Morgan fingerprint density at radius 2 is 1.69 bits per heavy atom. The minimum absolute atomic E-state index is 0.0228. The van der Waals surface area contributed by atoms with Crippen molar-refractivity contribution in [2.75, 3.05) is 0 Å². The smallest absolute Gasteiger partial charge is 0.336 e. The third kappa shape index (κ3) is 2.05. The van der Waals surface area contributed by atoms with Crippen molar-refractivity contribution >= 4 is 11.9 Å². The van der Waals surface area contributed by atoms with Gasteiger partial charge in [-0.3, -0.25) is 0 Å². The van der Waals surface area contributed by atoms with Crippen molar-refractivity contribution in [1.82, 2.24) is 0 Å². The molecule has 1 rings (SSSR count). The molecule has 0 saturated carbocycles. The second-order valence-electron chi connectivity index (χ2n) is 3.98. The first-order valence-corrected chi connectivity index (χ1v) is 4.96. The molecule has 4 heteroatoms. The van der Waals surface area contributed by atoms with E-state index in [1.54, 1.807) is 13.0 Å². The molecule has 0 radical (unpaired) electrons. The van der Waals surface area contributed by atoms with Crippen LogP contribution in [0.3, 0.4) is 0 Å². The number of carbonyl (C=O) groups is 2. The summed E-state index contributed by atoms with van der Waals surface area (Å²) in [4.78, 5) is 22.1. The van der Waals surface area contributed by atoms with E-state index in [4.69, 9.17) is 10.2 Å². The van der Waals surface area contributed by atoms with E-state index in [2.05, 4.69) is 0 Å². The molecule has 0 aromatic heterocycles. The highest BCUT2D eigenvalue weighted by Gasteiger charge is 2.22. The Morgan fingerprint density at radius 1 is 1.12 bits per heavy atom. The van der Waals surface area contributed by atoms with Crippen molar-refractivity contribution in [2.45, 2.75) is 26.7 Å². The van der Waals surface area contributed by atoms with Gasteiger partial charge in [-0.1, -0.05) is 19.9 Å². The Labute approximate surface area is 93.5 Å². The van der Waals surface area contributed by atoms with Crippen LogP contribution >= 0.6 is 0 Å². The molecule has 2 N–H and O–H groups in total. The normalized spacial score (nSPS) is 10.5. The highest BCUT2D eigenvalue weighted by atomic mass is 16.4. The number of hydrogen-bond acceptors (Lipinski definition) is 2. The minimum atomic E-state index is -1.21. The number of aryl methyl sites for hydroxylation is 1. The molecular weight excluding hydrogens is 208 g/mol. The minimum Gasteiger partial charge on any atom is -0.478 e. The lowest BCUT2D eigenvalue weighted by Crippen LogP contribution is -2.13. The Balaban J connectivity index is 3.63. The van der Waals surface area contributed by atoms with Crippen LogP contribution in [0.15, 0.2) is 12.1 Å². The number of rotatable bonds is 3. The standard InChI is InChI=1S/C12H14O4/c1-6(2)9-7(3)4-5-8(11(13)14)10(9)12(15)16/h4-6H,1-3H3,(H,13,14)(H,15,16). The van der Waals surface area contributed by atoms with Gasteiger partial charge >= 0.3 is 11.9 Å². The molecule has 0 aliphatic heterocycles. The van der Waals surface area contributed by atoms with E-state index in [9.17, 15) is 9.59 Å². The van der Waals surface area contributed by atoms with Crippen LogP contribution in [0.2, 0.25) is 0 Å². The molecule has 0 amide bonds. The summed E-state index contributed by atoms with van der Waals surface area (Å²) in [7, 11) is 0. The number of hydrogen-bond donors (Lipinski definition) is 2. The average Bonchev–Trinajstić information content (AvgIpc) is 2.15. The third-order valence-corrected chi connectivity index (χ3v) is 2.49. The van der Waals surface area contributed by atoms with Gasteiger partial charge in [-0.2, -0.15) is 0 Å². The van der Waals surface area contributed by atoms with Gasteiger partial charge in [-0.25, -0.2) is 9.59 Å². The summed E-state index contributed by atoms with van der Waals surface area (Å²) in [6.45, 7) is 5.48. The SMILES string of the molecule is Cc1ccc(C(=O)O)c(C(=O)O)c1C(C)C. The summed E-state index contributed by atoms with van der Waals surface area (Å²) < 4.78 is 0. The molecule has 0 atom stereocenters. The number of benzene rings is 1. The quantitative estimate of drug-likeness (QED) is 0.824. The van der Waals surface area contributed by atoms with Gasteiger partial charge in [0.05, 0.1) is 11.1 Å². The summed E-state index contributed by atoms with van der Waals surface area (Å²) in [5, 5.41) is 18.1. The molecule has 0 aliphatic carbocycles. The number of carboxylic acid groups (broad SMARTS) is 2. The first kappa shape index (κ1) is 12.2. The molecule has 0 aliphatic rings. The lowest BCUT2D eigenvalue weighted by Gasteiger charge is -2.15. The van der Waals surface area contributed by atoms with E-state index in [-0.39, 0.29) is 17.0 Å². The lowest BCUT2D eigenvalue weighted by molar-refractivity contribution is 0.0650. The van der Waals surface area contributed by atoms with Crippen LogP contribution in [0.5, 0.6) is 0 Å². The first-order valence-electron chi connectivity index (χ1n) is 4.96. The van der Waals surface area contributed by atoms with Gasteiger partial charge in [0.1, 0.15) is 0 Å². The van der Waals surface area contributed by atoms with Crippen LogP contribution in [0.1, 0.15) is 51.6 Å². The number of carboxylic acids is 2. The molecule has 0 fully saturated rings. The van der Waals surface area contributed by atoms with Crippen LogP contribution in [-0.2, 0) is 0 Å². The highest BCUT2D eigenvalue weighted by Crippen LogP contribution is 2.26. The zero-order chi connectivity index (χ0) is 12.5. The van der Waals surface area contributed by atoms with Gasteiger partial charge in [0.25, 0.3) is 0 Å². The fourth-order valence-electron chi connectivity index (χ4n) is 1.88. The monoisotopic (exact) mass is 222 g/mol. The van der Waals surface area contributed by atoms with Crippen LogP contribution in [0, 0.1) is 6.92 Å². The maximum absolute atomic E-state index is 11.1. The Kier molecular flexibility index (Phi) is 3.32. The molecule has 0 saturated heterocycles. The van der Waals surface area contributed by atoms with Crippen molar-refractivity contribution < 1.29 is 19.8 Å². The van der Waals surface area contributed by atoms with Gasteiger partial charge in [0.15, 0.2) is 0 Å². The molecule has 16 heavy (non-hydrogen) atoms. The van der Waals surface area contributed by atoms with E-state index >= 15 is 0 Å². The van der Waals surface area contributed by atoms with Gasteiger partial charge in [0.2, 0.25) is 0 Å². The fourth-order valence-corrected chi connectivity index (χ4v) is 1.88. The molecule has 4 nitrogen and oxygen atoms in total. The summed E-state index contributed by atoms with van der Waals surface area (Å²) in [6, 6.07) is 2.98. The van der Waals surface area contributed by atoms with Gasteiger partial charge in [-0.15, -0.1) is 0 Å². The van der Waals surface area contributed by atoms with E-state index in [1.165, 1.54) is 6.07 Å².